The van der Waals surface area contributed by atoms with Gasteiger partial charge in [0.2, 0.25) is 0 Å². The van der Waals surface area contributed by atoms with E-state index in [1.165, 1.54) is 17.2 Å². The van der Waals surface area contributed by atoms with E-state index < -0.39 is 0 Å². The van der Waals surface area contributed by atoms with Crippen molar-refractivity contribution in [1.29, 1.82) is 0 Å². The molecule has 0 saturated carbocycles. The van der Waals surface area contributed by atoms with Crippen LogP contribution < -0.4 is 5.32 Å². The Hall–Kier alpha value is -1.15. The van der Waals surface area contributed by atoms with Gasteiger partial charge in [0.15, 0.2) is 0 Å². The number of nitrogens with one attached hydrogen (secondary N) is 1. The molecule has 0 unspecified atom stereocenters. The minimum atomic E-state index is -0.153. The predicted octanol–water partition coefficient (Wildman–Crippen LogP) is 3.62. The molecule has 94 valence electrons. The summed E-state index contributed by atoms with van der Waals surface area (Å²) in [6.07, 6.45) is 4.23. The molecule has 0 radical (unpaired) electrons. The van der Waals surface area contributed by atoms with Crippen molar-refractivity contribution in [3.8, 4) is 0 Å². The smallest absolute Gasteiger partial charge is 0.123 e. The van der Waals surface area contributed by atoms with Crippen molar-refractivity contribution in [3.05, 3.63) is 46.8 Å². The highest BCUT2D eigenvalue weighted by Crippen LogP contribution is 2.14. The van der Waals surface area contributed by atoms with Gasteiger partial charge in [-0.25, -0.2) is 4.39 Å². The maximum atomic E-state index is 12.9. The first-order chi connectivity index (χ1) is 8.13. The molecule has 1 N–H and O–H groups in total. The summed E-state index contributed by atoms with van der Waals surface area (Å²) in [5.41, 5.74) is 3.59. The molecule has 0 aliphatic carbocycles. The summed E-state index contributed by atoms with van der Waals surface area (Å²) < 4.78 is 12.9. The average molecular weight is 235 g/mol. The molecule has 0 aliphatic heterocycles. The van der Waals surface area contributed by atoms with Crippen molar-refractivity contribution in [2.75, 3.05) is 13.1 Å². The number of benzene rings is 1. The predicted molar refractivity (Wildman–Crippen MR) is 71.8 cm³/mol. The van der Waals surface area contributed by atoms with Gasteiger partial charge >= 0.3 is 0 Å². The molecule has 0 spiro atoms. The van der Waals surface area contributed by atoms with Crippen molar-refractivity contribution in [3.63, 3.8) is 0 Å². The van der Waals surface area contributed by atoms with E-state index in [-0.39, 0.29) is 5.82 Å². The fourth-order valence-corrected chi connectivity index (χ4v) is 1.83. The second-order valence-electron chi connectivity index (χ2n) is 4.44. The molecule has 1 nitrogen and oxygen atoms in total. The monoisotopic (exact) mass is 235 g/mol. The second-order valence-corrected chi connectivity index (χ2v) is 4.44. The van der Waals surface area contributed by atoms with E-state index >= 15 is 0 Å². The van der Waals surface area contributed by atoms with Crippen molar-refractivity contribution in [2.45, 2.75) is 33.6 Å². The molecule has 1 rings (SSSR count). The fourth-order valence-electron chi connectivity index (χ4n) is 1.83. The van der Waals surface area contributed by atoms with Crippen molar-refractivity contribution < 1.29 is 4.39 Å². The lowest BCUT2D eigenvalue weighted by atomic mass is 10.0. The molecule has 0 aromatic heterocycles. The maximum absolute atomic E-state index is 12.9. The zero-order valence-electron chi connectivity index (χ0n) is 11.0. The molecule has 0 amide bonds. The minimum absolute atomic E-state index is 0.153. The Morgan fingerprint density at radius 3 is 2.82 bits per heavy atom. The van der Waals surface area contributed by atoms with E-state index in [9.17, 15) is 4.39 Å². The largest absolute Gasteiger partial charge is 0.317 e. The van der Waals surface area contributed by atoms with Crippen molar-refractivity contribution in [1.82, 2.24) is 5.32 Å². The van der Waals surface area contributed by atoms with Gasteiger partial charge in [-0.1, -0.05) is 24.6 Å². The molecule has 0 bridgehead atoms. The highest BCUT2D eigenvalue weighted by Gasteiger charge is 2.00. The molecule has 0 heterocycles. The van der Waals surface area contributed by atoms with Gasteiger partial charge in [0.25, 0.3) is 0 Å². The minimum Gasteiger partial charge on any atom is -0.317 e. The third-order valence-electron chi connectivity index (χ3n) is 2.84. The van der Waals surface area contributed by atoms with Gasteiger partial charge in [-0.2, -0.15) is 0 Å². The molecule has 2 heteroatoms. The van der Waals surface area contributed by atoms with Gasteiger partial charge < -0.3 is 5.32 Å². The normalized spacial score (nSPS) is 11.9. The van der Waals surface area contributed by atoms with Crippen molar-refractivity contribution >= 4 is 0 Å². The van der Waals surface area contributed by atoms with Crippen LogP contribution >= 0.6 is 0 Å². The number of hydrogen-bond acceptors (Lipinski definition) is 1. The Labute approximate surface area is 104 Å². The Kier molecular flexibility index (Phi) is 5.92. The number of hydrogen-bond donors (Lipinski definition) is 1. The highest BCUT2D eigenvalue weighted by molar-refractivity contribution is 5.30. The highest BCUT2D eigenvalue weighted by atomic mass is 19.1. The van der Waals surface area contributed by atoms with Crippen LogP contribution in [0.2, 0.25) is 0 Å². The zero-order valence-corrected chi connectivity index (χ0v) is 11.0. The van der Waals surface area contributed by atoms with Crippen LogP contribution in [0.4, 0.5) is 4.39 Å². The van der Waals surface area contributed by atoms with Gasteiger partial charge in [-0.3, -0.25) is 0 Å². The molecular formula is C15H22FN. The molecule has 1 aromatic carbocycles. The lowest BCUT2D eigenvalue weighted by Gasteiger charge is -2.06. The second kappa shape index (κ2) is 7.23. The Morgan fingerprint density at radius 2 is 2.18 bits per heavy atom. The SMILES string of the molecule is CCNCC/C=C(/C)Cc1ccc(F)cc1C. The summed E-state index contributed by atoms with van der Waals surface area (Å²) >= 11 is 0. The van der Waals surface area contributed by atoms with E-state index in [1.54, 1.807) is 6.07 Å². The molecule has 0 saturated heterocycles. The number of halogens is 1. The topological polar surface area (TPSA) is 12.0 Å². The molecule has 17 heavy (non-hydrogen) atoms. The third kappa shape index (κ3) is 5.14. The van der Waals surface area contributed by atoms with Crippen LogP contribution in [-0.4, -0.2) is 13.1 Å². The van der Waals surface area contributed by atoms with Crippen LogP contribution in [0, 0.1) is 12.7 Å². The Bertz CT molecular complexity index is 383. The maximum Gasteiger partial charge on any atom is 0.123 e. The van der Waals surface area contributed by atoms with E-state index in [2.05, 4.69) is 25.2 Å². The van der Waals surface area contributed by atoms with Crippen LogP contribution in [0.1, 0.15) is 31.4 Å². The van der Waals surface area contributed by atoms with Crippen molar-refractivity contribution in [2.24, 2.45) is 0 Å². The Balaban J connectivity index is 2.52. The van der Waals surface area contributed by atoms with E-state index in [1.807, 2.05) is 13.0 Å². The Morgan fingerprint density at radius 1 is 1.41 bits per heavy atom. The quantitative estimate of drug-likeness (QED) is 0.586. The number of rotatable bonds is 6. The summed E-state index contributed by atoms with van der Waals surface area (Å²) in [5.74, 6) is -0.153. The van der Waals surface area contributed by atoms with E-state index in [4.69, 9.17) is 0 Å². The summed E-state index contributed by atoms with van der Waals surface area (Å²) in [5, 5.41) is 3.29. The lowest BCUT2D eigenvalue weighted by Crippen LogP contribution is -2.13. The third-order valence-corrected chi connectivity index (χ3v) is 2.84. The van der Waals surface area contributed by atoms with Crippen LogP contribution in [-0.2, 0) is 6.42 Å². The number of allylic oxidation sites excluding steroid dienone is 1. The van der Waals surface area contributed by atoms with Gasteiger partial charge in [0, 0.05) is 0 Å². The summed E-state index contributed by atoms with van der Waals surface area (Å²) in [4.78, 5) is 0. The van der Waals surface area contributed by atoms with E-state index in [0.717, 1.165) is 31.5 Å². The standard InChI is InChI=1S/C15H22FN/c1-4-17-9-5-6-12(2)10-14-7-8-15(16)11-13(14)3/h6-8,11,17H,4-5,9-10H2,1-3H3/b12-6-. The molecule has 0 fully saturated rings. The molecule has 0 aliphatic rings. The molecule has 0 atom stereocenters. The van der Waals surface area contributed by atoms with Crippen LogP contribution in [0.25, 0.3) is 0 Å². The zero-order chi connectivity index (χ0) is 12.7. The average Bonchev–Trinajstić information content (AvgIpc) is 2.28. The summed E-state index contributed by atoms with van der Waals surface area (Å²) in [6.45, 7) is 8.25. The first kappa shape index (κ1) is 13.9. The fraction of sp³-hybridized carbons (Fsp3) is 0.467. The van der Waals surface area contributed by atoms with Gasteiger partial charge in [0.05, 0.1) is 0 Å². The summed E-state index contributed by atoms with van der Waals surface area (Å²) in [7, 11) is 0. The van der Waals surface area contributed by atoms with Gasteiger partial charge in [0.1, 0.15) is 5.82 Å². The van der Waals surface area contributed by atoms with Crippen LogP contribution in [0.3, 0.4) is 0 Å². The van der Waals surface area contributed by atoms with Gasteiger partial charge in [-0.05, 0) is 63.0 Å². The lowest BCUT2D eigenvalue weighted by molar-refractivity contribution is 0.625. The van der Waals surface area contributed by atoms with E-state index in [0.29, 0.717) is 0 Å². The molecule has 1 aromatic rings. The van der Waals surface area contributed by atoms with Gasteiger partial charge in [-0.15, -0.1) is 0 Å². The molecular weight excluding hydrogens is 213 g/mol. The van der Waals surface area contributed by atoms with Crippen LogP contribution in [0.5, 0.6) is 0 Å². The first-order valence-electron chi connectivity index (χ1n) is 6.25. The number of aryl methyl sites for hydroxylation is 1. The van der Waals surface area contributed by atoms with Crippen LogP contribution in [0.15, 0.2) is 29.8 Å². The summed E-state index contributed by atoms with van der Waals surface area (Å²) in [6, 6.07) is 5.02. The first-order valence-corrected chi connectivity index (χ1v) is 6.25.